The van der Waals surface area contributed by atoms with Crippen LogP contribution < -0.4 is 11.1 Å². The fourth-order valence-corrected chi connectivity index (χ4v) is 2.38. The van der Waals surface area contributed by atoms with Crippen LogP contribution in [-0.4, -0.2) is 36.7 Å². The highest BCUT2D eigenvalue weighted by Gasteiger charge is 2.48. The molecular formula is C11H19N3O3. The summed E-state index contributed by atoms with van der Waals surface area (Å²) in [7, 11) is 0. The second kappa shape index (κ2) is 4.91. The third-order valence-corrected chi connectivity index (χ3v) is 3.82. The predicted octanol–water partition coefficient (Wildman–Crippen LogP) is 0.0558. The lowest BCUT2D eigenvalue weighted by Crippen LogP contribution is -2.54. The van der Waals surface area contributed by atoms with Crippen LogP contribution in [0.3, 0.4) is 0 Å². The largest absolute Gasteiger partial charge is 0.409 e. The highest BCUT2D eigenvalue weighted by atomic mass is 16.5. The number of nitrogens with zero attached hydrogens (tertiary/aromatic N) is 1. The Morgan fingerprint density at radius 2 is 2.35 bits per heavy atom. The van der Waals surface area contributed by atoms with E-state index in [0.29, 0.717) is 31.9 Å². The summed E-state index contributed by atoms with van der Waals surface area (Å²) in [5, 5.41) is 14.6. The molecule has 1 heterocycles. The van der Waals surface area contributed by atoms with Crippen molar-refractivity contribution in [2.45, 2.75) is 25.7 Å². The molecule has 2 fully saturated rings. The van der Waals surface area contributed by atoms with Crippen LogP contribution in [0.25, 0.3) is 0 Å². The molecule has 0 aromatic rings. The van der Waals surface area contributed by atoms with Crippen LogP contribution in [0.1, 0.15) is 25.7 Å². The van der Waals surface area contributed by atoms with Gasteiger partial charge in [0.25, 0.3) is 0 Å². The smallest absolute Gasteiger partial charge is 0.233 e. The minimum Gasteiger partial charge on any atom is -0.409 e. The Morgan fingerprint density at radius 3 is 2.82 bits per heavy atom. The maximum atomic E-state index is 12.1. The molecule has 6 heteroatoms. The Bertz CT molecular complexity index is 320. The third kappa shape index (κ3) is 2.22. The molecule has 2 rings (SSSR count). The topological polar surface area (TPSA) is 96.9 Å². The molecule has 0 bridgehead atoms. The van der Waals surface area contributed by atoms with E-state index in [0.717, 1.165) is 19.4 Å². The summed E-state index contributed by atoms with van der Waals surface area (Å²) in [6, 6.07) is 0. The molecule has 1 aliphatic carbocycles. The molecule has 1 unspecified atom stereocenters. The number of nitrogens with one attached hydrogen (secondary N) is 1. The van der Waals surface area contributed by atoms with E-state index in [1.807, 2.05) is 0 Å². The lowest BCUT2D eigenvalue weighted by atomic mass is 9.67. The van der Waals surface area contributed by atoms with Crippen molar-refractivity contribution in [3.8, 4) is 0 Å². The van der Waals surface area contributed by atoms with Crippen LogP contribution in [0.2, 0.25) is 0 Å². The van der Waals surface area contributed by atoms with Crippen molar-refractivity contribution < 1.29 is 14.7 Å². The Kier molecular flexibility index (Phi) is 3.51. The summed E-state index contributed by atoms with van der Waals surface area (Å²) in [6.07, 6.45) is 3.25. The molecule has 1 aliphatic heterocycles. The van der Waals surface area contributed by atoms with Gasteiger partial charge in [-0.2, -0.15) is 0 Å². The van der Waals surface area contributed by atoms with E-state index < -0.39 is 5.41 Å². The lowest BCUT2D eigenvalue weighted by Gasteiger charge is -2.38. The molecule has 96 valence electrons. The summed E-state index contributed by atoms with van der Waals surface area (Å²) in [5.74, 6) is 0.304. The third-order valence-electron chi connectivity index (χ3n) is 3.82. The number of hydrogen-bond donors (Lipinski definition) is 3. The molecule has 0 aromatic carbocycles. The summed E-state index contributed by atoms with van der Waals surface area (Å²) in [6.45, 7) is 2.09. The van der Waals surface area contributed by atoms with Crippen molar-refractivity contribution in [2.24, 2.45) is 22.2 Å². The van der Waals surface area contributed by atoms with Crippen LogP contribution in [-0.2, 0) is 9.53 Å². The standard InChI is InChI=1S/C11H19N3O3/c12-9(14-16)11(3-1-4-11)10(15)13-6-8-2-5-17-7-8/h8,16H,1-7H2,(H2,12,14)(H,13,15). The van der Waals surface area contributed by atoms with Crippen molar-refractivity contribution in [3.63, 3.8) is 0 Å². The van der Waals surface area contributed by atoms with Gasteiger partial charge < -0.3 is 21.0 Å². The second-order valence-corrected chi connectivity index (χ2v) is 4.86. The highest BCUT2D eigenvalue weighted by Crippen LogP contribution is 2.41. The van der Waals surface area contributed by atoms with Gasteiger partial charge in [-0.1, -0.05) is 11.6 Å². The lowest BCUT2D eigenvalue weighted by molar-refractivity contribution is -0.131. The first-order valence-electron chi connectivity index (χ1n) is 6.03. The normalized spacial score (nSPS) is 27.5. The maximum absolute atomic E-state index is 12.1. The minimum atomic E-state index is -0.770. The molecule has 17 heavy (non-hydrogen) atoms. The van der Waals surface area contributed by atoms with E-state index in [9.17, 15) is 4.79 Å². The summed E-state index contributed by atoms with van der Waals surface area (Å²) in [5.41, 5.74) is 4.84. The van der Waals surface area contributed by atoms with Gasteiger partial charge in [-0.05, 0) is 19.3 Å². The van der Waals surface area contributed by atoms with Gasteiger partial charge >= 0.3 is 0 Å². The highest BCUT2D eigenvalue weighted by molar-refractivity contribution is 6.07. The maximum Gasteiger partial charge on any atom is 0.233 e. The zero-order chi connectivity index (χ0) is 12.3. The van der Waals surface area contributed by atoms with Gasteiger partial charge in [-0.25, -0.2) is 0 Å². The Balaban J connectivity index is 1.89. The molecule has 1 amide bonds. The average Bonchev–Trinajstić information content (AvgIpc) is 2.77. The molecule has 0 aromatic heterocycles. The van der Waals surface area contributed by atoms with Crippen molar-refractivity contribution in [1.82, 2.24) is 5.32 Å². The Labute approximate surface area is 100 Å². The van der Waals surface area contributed by atoms with Gasteiger partial charge in [0.05, 0.1) is 6.61 Å². The molecule has 1 saturated carbocycles. The van der Waals surface area contributed by atoms with E-state index >= 15 is 0 Å². The van der Waals surface area contributed by atoms with E-state index in [1.54, 1.807) is 0 Å². The van der Waals surface area contributed by atoms with Crippen molar-refractivity contribution >= 4 is 11.7 Å². The Hall–Kier alpha value is -1.30. The van der Waals surface area contributed by atoms with Gasteiger partial charge in [0.15, 0.2) is 5.84 Å². The van der Waals surface area contributed by atoms with Crippen molar-refractivity contribution in [1.29, 1.82) is 0 Å². The molecular weight excluding hydrogens is 222 g/mol. The number of carbonyl (C=O) groups is 1. The molecule has 4 N–H and O–H groups in total. The molecule has 1 saturated heterocycles. The number of amides is 1. The van der Waals surface area contributed by atoms with E-state index in [-0.39, 0.29) is 11.7 Å². The summed E-state index contributed by atoms with van der Waals surface area (Å²) >= 11 is 0. The second-order valence-electron chi connectivity index (χ2n) is 4.86. The van der Waals surface area contributed by atoms with Crippen molar-refractivity contribution in [2.75, 3.05) is 19.8 Å². The Morgan fingerprint density at radius 1 is 1.59 bits per heavy atom. The predicted molar refractivity (Wildman–Crippen MR) is 61.6 cm³/mol. The average molecular weight is 241 g/mol. The number of ether oxygens (including phenoxy) is 1. The quantitative estimate of drug-likeness (QED) is 0.280. The van der Waals surface area contributed by atoms with Gasteiger partial charge in [0.2, 0.25) is 5.91 Å². The number of hydrogen-bond acceptors (Lipinski definition) is 4. The van der Waals surface area contributed by atoms with Crippen LogP contribution in [0, 0.1) is 11.3 Å². The molecule has 0 spiro atoms. The van der Waals surface area contributed by atoms with Crippen LogP contribution in [0.5, 0.6) is 0 Å². The fraction of sp³-hybridized carbons (Fsp3) is 0.818. The SMILES string of the molecule is NC(=NO)C1(C(=O)NCC2CCOC2)CCC1. The minimum absolute atomic E-state index is 0.0314. The number of carbonyl (C=O) groups excluding carboxylic acids is 1. The zero-order valence-electron chi connectivity index (χ0n) is 9.82. The molecule has 6 nitrogen and oxygen atoms in total. The molecule has 1 atom stereocenters. The molecule has 2 aliphatic rings. The number of nitrogens with two attached hydrogens (primary N) is 1. The first kappa shape index (κ1) is 12.2. The van der Waals surface area contributed by atoms with Gasteiger partial charge in [0.1, 0.15) is 5.41 Å². The van der Waals surface area contributed by atoms with Crippen molar-refractivity contribution in [3.05, 3.63) is 0 Å². The van der Waals surface area contributed by atoms with E-state index in [1.165, 1.54) is 0 Å². The van der Waals surface area contributed by atoms with Gasteiger partial charge in [0, 0.05) is 19.1 Å². The number of rotatable bonds is 4. The zero-order valence-corrected chi connectivity index (χ0v) is 9.82. The van der Waals surface area contributed by atoms with Crippen LogP contribution >= 0.6 is 0 Å². The van der Waals surface area contributed by atoms with Crippen LogP contribution in [0.15, 0.2) is 5.16 Å². The summed E-state index contributed by atoms with van der Waals surface area (Å²) in [4.78, 5) is 12.1. The number of amidine groups is 1. The fourth-order valence-electron chi connectivity index (χ4n) is 2.38. The molecule has 0 radical (unpaired) electrons. The summed E-state index contributed by atoms with van der Waals surface area (Å²) < 4.78 is 5.24. The van der Waals surface area contributed by atoms with Gasteiger partial charge in [-0.15, -0.1) is 0 Å². The van der Waals surface area contributed by atoms with E-state index in [4.69, 9.17) is 15.7 Å². The number of oxime groups is 1. The first-order chi connectivity index (χ1) is 8.19. The van der Waals surface area contributed by atoms with Gasteiger partial charge in [-0.3, -0.25) is 4.79 Å². The monoisotopic (exact) mass is 241 g/mol. The van der Waals surface area contributed by atoms with Crippen LogP contribution in [0.4, 0.5) is 0 Å². The van der Waals surface area contributed by atoms with E-state index in [2.05, 4.69) is 10.5 Å². The first-order valence-corrected chi connectivity index (χ1v) is 6.03.